The molecule has 7 saturated carbocycles. The molecule has 0 atom stereocenters. The summed E-state index contributed by atoms with van der Waals surface area (Å²) in [5.41, 5.74) is 11.9. The number of anilines is 2. The standard InChI is InChI=1S/C30H31IN4O/c31-22-5-1-19(2-6-22)9-26(36)35-27-24(34-25(14-33-27)21-3-7-23(32)8-4-21)13-28-10-20-11-29(15-28)17-30(12-20,16-28)18-29/h1-8,14,20H,9-13,15-18,32H2,(H,33,35,36). The van der Waals surface area contributed by atoms with Crippen LogP contribution < -0.4 is 11.1 Å². The van der Waals surface area contributed by atoms with Gasteiger partial charge in [0.1, 0.15) is 0 Å². The van der Waals surface area contributed by atoms with Gasteiger partial charge < -0.3 is 11.1 Å². The molecule has 0 aliphatic heterocycles. The van der Waals surface area contributed by atoms with Gasteiger partial charge in [-0.1, -0.05) is 24.3 Å². The van der Waals surface area contributed by atoms with Crippen molar-refractivity contribution in [3.8, 4) is 11.3 Å². The fourth-order valence-corrected chi connectivity index (χ4v) is 9.40. The number of hydrogen-bond acceptors (Lipinski definition) is 4. The maximum Gasteiger partial charge on any atom is 0.229 e. The zero-order valence-corrected chi connectivity index (χ0v) is 22.6. The SMILES string of the molecule is Nc1ccc(-c2cnc(NC(=O)Cc3ccc(I)cc3)c(CC34CC5CC6(C3)CC(C5)(C4)C6)n2)cc1. The molecule has 7 aliphatic carbocycles. The Bertz CT molecular complexity index is 1310. The third-order valence-corrected chi connectivity index (χ3v) is 10.0. The van der Waals surface area contributed by atoms with E-state index >= 15 is 0 Å². The van der Waals surface area contributed by atoms with Crippen molar-refractivity contribution in [3.05, 3.63) is 69.6 Å². The van der Waals surface area contributed by atoms with Crippen molar-refractivity contribution in [2.24, 2.45) is 22.2 Å². The maximum absolute atomic E-state index is 13.0. The van der Waals surface area contributed by atoms with Crippen molar-refractivity contribution in [2.75, 3.05) is 11.1 Å². The van der Waals surface area contributed by atoms with Gasteiger partial charge in [0.15, 0.2) is 5.82 Å². The van der Waals surface area contributed by atoms with Crippen LogP contribution in [-0.4, -0.2) is 15.9 Å². The van der Waals surface area contributed by atoms with E-state index in [1.807, 2.05) is 48.5 Å². The quantitative estimate of drug-likeness (QED) is 0.257. The van der Waals surface area contributed by atoms with Gasteiger partial charge in [-0.25, -0.2) is 9.97 Å². The molecular weight excluding hydrogens is 559 g/mol. The molecule has 7 fully saturated rings. The van der Waals surface area contributed by atoms with Crippen molar-refractivity contribution in [1.82, 2.24) is 9.97 Å². The van der Waals surface area contributed by atoms with E-state index in [1.54, 1.807) is 6.20 Å². The zero-order chi connectivity index (χ0) is 24.5. The Balaban J connectivity index is 1.20. The summed E-state index contributed by atoms with van der Waals surface area (Å²) in [5.74, 6) is 1.46. The third kappa shape index (κ3) is 3.92. The number of nitrogens with zero attached hydrogens (tertiary/aromatic N) is 2. The van der Waals surface area contributed by atoms with E-state index in [9.17, 15) is 4.79 Å². The van der Waals surface area contributed by atoms with Crippen molar-refractivity contribution in [1.29, 1.82) is 0 Å². The van der Waals surface area contributed by atoms with Crippen LogP contribution in [-0.2, 0) is 17.6 Å². The number of carbonyl (C=O) groups is 1. The van der Waals surface area contributed by atoms with E-state index in [-0.39, 0.29) is 5.91 Å². The van der Waals surface area contributed by atoms with Crippen LogP contribution in [0.2, 0.25) is 0 Å². The first kappa shape index (κ1) is 22.7. The van der Waals surface area contributed by atoms with Crippen LogP contribution in [0, 0.1) is 25.7 Å². The van der Waals surface area contributed by atoms with Gasteiger partial charge in [0.25, 0.3) is 0 Å². The lowest BCUT2D eigenvalue weighted by atomic mass is 9.28. The van der Waals surface area contributed by atoms with Gasteiger partial charge in [-0.3, -0.25) is 4.79 Å². The molecule has 36 heavy (non-hydrogen) atoms. The van der Waals surface area contributed by atoms with Gasteiger partial charge in [0, 0.05) is 14.8 Å². The fraction of sp³-hybridized carbons (Fsp3) is 0.433. The van der Waals surface area contributed by atoms with Crippen LogP contribution in [0.5, 0.6) is 0 Å². The first-order chi connectivity index (χ1) is 17.3. The minimum atomic E-state index is -0.0439. The average Bonchev–Trinajstić information content (AvgIpc) is 2.80. The van der Waals surface area contributed by atoms with E-state index < -0.39 is 0 Å². The lowest BCUT2D eigenvalue weighted by Gasteiger charge is -2.76. The molecule has 0 radical (unpaired) electrons. The molecule has 6 heteroatoms. The summed E-state index contributed by atoms with van der Waals surface area (Å²) in [6, 6.07) is 15.9. The number of hydrogen-bond donors (Lipinski definition) is 2. The molecule has 1 heterocycles. The Labute approximate surface area is 225 Å². The lowest BCUT2D eigenvalue weighted by Crippen LogP contribution is -2.66. The van der Waals surface area contributed by atoms with Gasteiger partial charge in [-0.2, -0.15) is 0 Å². The number of rotatable bonds is 6. The summed E-state index contributed by atoms with van der Waals surface area (Å²) >= 11 is 2.28. The smallest absolute Gasteiger partial charge is 0.229 e. The van der Waals surface area contributed by atoms with Gasteiger partial charge in [-0.15, -0.1) is 0 Å². The van der Waals surface area contributed by atoms with E-state index in [2.05, 4.69) is 27.9 Å². The molecular formula is C30H31IN4O. The summed E-state index contributed by atoms with van der Waals surface area (Å²) in [4.78, 5) is 22.9. The Morgan fingerprint density at radius 3 is 2.33 bits per heavy atom. The summed E-state index contributed by atoms with van der Waals surface area (Å²) in [7, 11) is 0. The largest absolute Gasteiger partial charge is 0.399 e. The van der Waals surface area contributed by atoms with Crippen LogP contribution in [0.25, 0.3) is 11.3 Å². The number of nitrogens with two attached hydrogens (primary N) is 1. The Morgan fingerprint density at radius 1 is 0.972 bits per heavy atom. The fourth-order valence-electron chi connectivity index (χ4n) is 9.04. The van der Waals surface area contributed by atoms with Crippen LogP contribution >= 0.6 is 22.6 Å². The van der Waals surface area contributed by atoms with Gasteiger partial charge in [0.2, 0.25) is 5.91 Å². The second-order valence-electron chi connectivity index (χ2n) is 12.4. The summed E-state index contributed by atoms with van der Waals surface area (Å²) < 4.78 is 1.16. The second kappa shape index (κ2) is 8.01. The van der Waals surface area contributed by atoms with Crippen LogP contribution in [0.15, 0.2) is 54.7 Å². The van der Waals surface area contributed by atoms with Crippen LogP contribution in [0.1, 0.15) is 56.2 Å². The minimum Gasteiger partial charge on any atom is -0.399 e. The average molecular weight is 591 g/mol. The topological polar surface area (TPSA) is 80.9 Å². The highest BCUT2D eigenvalue weighted by Crippen LogP contribution is 2.81. The molecule has 4 bridgehead atoms. The highest BCUT2D eigenvalue weighted by Gasteiger charge is 2.70. The molecule has 2 spiro atoms. The van der Waals surface area contributed by atoms with Crippen molar-refractivity contribution >= 4 is 40.0 Å². The Kier molecular flexibility index (Phi) is 5.05. The normalized spacial score (nSPS) is 31.2. The molecule has 184 valence electrons. The van der Waals surface area contributed by atoms with E-state index in [0.717, 1.165) is 44.1 Å². The van der Waals surface area contributed by atoms with Crippen molar-refractivity contribution < 1.29 is 4.79 Å². The van der Waals surface area contributed by atoms with Crippen LogP contribution in [0.3, 0.4) is 0 Å². The molecule has 10 rings (SSSR count). The first-order valence-corrected chi connectivity index (χ1v) is 14.1. The maximum atomic E-state index is 13.0. The van der Waals surface area contributed by atoms with Gasteiger partial charge in [-0.05, 0) is 126 Å². The van der Waals surface area contributed by atoms with E-state index in [4.69, 9.17) is 15.7 Å². The molecule has 3 aromatic rings. The summed E-state index contributed by atoms with van der Waals surface area (Å²) in [6.07, 6.45) is 12.7. The Morgan fingerprint density at radius 2 is 1.67 bits per heavy atom. The minimum absolute atomic E-state index is 0.0439. The van der Waals surface area contributed by atoms with Crippen molar-refractivity contribution in [2.45, 2.75) is 57.8 Å². The third-order valence-electron chi connectivity index (χ3n) is 9.29. The molecule has 0 unspecified atom stereocenters. The van der Waals surface area contributed by atoms with Gasteiger partial charge in [0.05, 0.1) is 24.0 Å². The number of amides is 1. The molecule has 2 aromatic carbocycles. The molecule has 0 saturated heterocycles. The number of benzene rings is 2. The predicted molar refractivity (Wildman–Crippen MR) is 150 cm³/mol. The second-order valence-corrected chi connectivity index (χ2v) is 13.6. The van der Waals surface area contributed by atoms with Gasteiger partial charge >= 0.3 is 0 Å². The predicted octanol–water partition coefficient (Wildman–Crippen LogP) is 6.41. The molecule has 3 N–H and O–H groups in total. The number of nitrogens with one attached hydrogen (secondary N) is 1. The monoisotopic (exact) mass is 590 g/mol. The summed E-state index contributed by atoms with van der Waals surface area (Å²) in [6.45, 7) is 0. The first-order valence-electron chi connectivity index (χ1n) is 13.1. The molecule has 1 amide bonds. The lowest BCUT2D eigenvalue weighted by molar-refractivity contribution is -0.256. The molecule has 7 aliphatic rings. The van der Waals surface area contributed by atoms with Crippen LogP contribution in [0.4, 0.5) is 11.5 Å². The van der Waals surface area contributed by atoms with E-state index in [1.165, 1.54) is 44.9 Å². The van der Waals surface area contributed by atoms with E-state index in [0.29, 0.717) is 28.5 Å². The number of carbonyl (C=O) groups excluding carboxylic acids is 1. The molecule has 5 nitrogen and oxygen atoms in total. The summed E-state index contributed by atoms with van der Waals surface area (Å²) in [5, 5.41) is 3.13. The van der Waals surface area contributed by atoms with Crippen molar-refractivity contribution in [3.63, 3.8) is 0 Å². The number of halogens is 1. The number of aromatic nitrogens is 2. The number of nitrogen functional groups attached to an aromatic ring is 1. The Hall–Kier alpha value is -2.48. The highest BCUT2D eigenvalue weighted by atomic mass is 127. The molecule has 1 aromatic heterocycles. The highest BCUT2D eigenvalue weighted by molar-refractivity contribution is 14.1. The zero-order valence-electron chi connectivity index (χ0n) is 20.4.